The molecule has 0 saturated heterocycles. The Morgan fingerprint density at radius 1 is 1.22 bits per heavy atom. The third kappa shape index (κ3) is 7.09. The van der Waals surface area contributed by atoms with E-state index in [1.807, 2.05) is 0 Å². The quantitative estimate of drug-likeness (QED) is 0.242. The second kappa shape index (κ2) is 12.5. The predicted molar refractivity (Wildman–Crippen MR) is 154 cm³/mol. The summed E-state index contributed by atoms with van der Waals surface area (Å²) in [6, 6.07) is 9.35. The highest BCUT2D eigenvalue weighted by Gasteiger charge is 2.50. The number of carbonyl (C=O) groups excluding carboxylic acids is 2. The fourth-order valence-corrected chi connectivity index (χ4v) is 7.10. The molecule has 1 aromatic heterocycles. The smallest absolute Gasteiger partial charge is 0.256 e. The Balaban J connectivity index is 1.66. The minimum Gasteiger partial charge on any atom is -0.383 e. The van der Waals surface area contributed by atoms with Gasteiger partial charge in [-0.05, 0) is 47.7 Å². The van der Waals surface area contributed by atoms with Crippen molar-refractivity contribution in [2.45, 2.75) is 24.0 Å². The standard InChI is InChI=1S/C26H31FN4O7S3/c1-31(10-11-38-2)23(32)19-7-5-17(13-20(19)27)18-6-8-21-22(14-18)39-25(30-21)26(40(34)35,15-16-3-4-16)24(33)29-9-12-41(28,36)37/h5-8,13-14,16,40H,3-4,9-12,15H2,1-2H3,(H,29,33)(H2,28,36,37). The van der Waals surface area contributed by atoms with Gasteiger partial charge in [-0.3, -0.25) is 9.59 Å². The summed E-state index contributed by atoms with van der Waals surface area (Å²) in [5.74, 6) is -2.53. The third-order valence-electron chi connectivity index (χ3n) is 6.89. The molecule has 1 aliphatic carbocycles. The molecule has 1 saturated carbocycles. The number of aromatic nitrogens is 1. The first-order chi connectivity index (χ1) is 19.4. The van der Waals surface area contributed by atoms with Crippen LogP contribution in [0.3, 0.4) is 0 Å². The fraction of sp³-hybridized carbons (Fsp3) is 0.423. The molecule has 0 spiro atoms. The molecule has 41 heavy (non-hydrogen) atoms. The molecule has 1 heterocycles. The van der Waals surface area contributed by atoms with Gasteiger partial charge in [0.05, 0.1) is 28.1 Å². The first kappa shape index (κ1) is 31.0. The molecular formula is C26H31FN4O7S3. The molecule has 1 atom stereocenters. The van der Waals surface area contributed by atoms with Gasteiger partial charge >= 0.3 is 0 Å². The molecule has 1 unspecified atom stereocenters. The number of nitrogens with one attached hydrogen (secondary N) is 1. The van der Waals surface area contributed by atoms with Crippen molar-refractivity contribution < 1.29 is 35.6 Å². The zero-order chi connectivity index (χ0) is 29.9. The molecule has 0 aliphatic heterocycles. The molecule has 3 aromatic rings. The van der Waals surface area contributed by atoms with E-state index in [4.69, 9.17) is 9.88 Å². The molecule has 1 aliphatic rings. The number of ether oxygens (including phenoxy) is 1. The van der Waals surface area contributed by atoms with E-state index in [-0.39, 0.29) is 29.5 Å². The second-order valence-corrected chi connectivity index (χ2v) is 14.0. The van der Waals surface area contributed by atoms with Crippen molar-refractivity contribution in [3.05, 3.63) is 52.8 Å². The van der Waals surface area contributed by atoms with E-state index >= 15 is 0 Å². The lowest BCUT2D eigenvalue weighted by atomic mass is 10.0. The van der Waals surface area contributed by atoms with E-state index in [0.29, 0.717) is 34.5 Å². The molecule has 4 rings (SSSR count). The summed E-state index contributed by atoms with van der Waals surface area (Å²) in [5, 5.41) is 7.51. The Morgan fingerprint density at radius 2 is 1.90 bits per heavy atom. The van der Waals surface area contributed by atoms with Crippen LogP contribution in [0.25, 0.3) is 21.3 Å². The lowest BCUT2D eigenvalue weighted by molar-refractivity contribution is -0.124. The van der Waals surface area contributed by atoms with E-state index < -0.39 is 48.9 Å². The number of benzene rings is 2. The maximum atomic E-state index is 15.0. The van der Waals surface area contributed by atoms with Crippen LogP contribution in [0.1, 0.15) is 34.6 Å². The summed E-state index contributed by atoms with van der Waals surface area (Å²) < 4.78 is 66.6. The van der Waals surface area contributed by atoms with E-state index in [1.54, 1.807) is 31.3 Å². The number of halogens is 1. The highest BCUT2D eigenvalue weighted by Crippen LogP contribution is 2.45. The van der Waals surface area contributed by atoms with E-state index in [2.05, 4.69) is 10.3 Å². The Bertz CT molecular complexity index is 1650. The summed E-state index contributed by atoms with van der Waals surface area (Å²) in [4.78, 5) is 31.8. The average molecular weight is 627 g/mol. The largest absolute Gasteiger partial charge is 0.383 e. The normalized spacial score (nSPS) is 15.1. The Labute approximate surface area is 242 Å². The summed E-state index contributed by atoms with van der Waals surface area (Å²) in [6.07, 6.45) is 1.58. The summed E-state index contributed by atoms with van der Waals surface area (Å²) >= 11 is 1.04. The number of hydrogen-bond acceptors (Lipinski definition) is 9. The summed E-state index contributed by atoms with van der Waals surface area (Å²) in [6.45, 7) is 0.287. The Hall–Kier alpha value is -2.98. The molecule has 3 N–H and O–H groups in total. The van der Waals surface area contributed by atoms with Gasteiger partial charge in [0, 0.05) is 27.2 Å². The van der Waals surface area contributed by atoms with Crippen LogP contribution < -0.4 is 10.5 Å². The predicted octanol–water partition coefficient (Wildman–Crippen LogP) is 1.83. The molecule has 222 valence electrons. The number of likely N-dealkylation sites (N-methyl/N-ethyl adjacent to an activating group) is 1. The lowest BCUT2D eigenvalue weighted by Crippen LogP contribution is -2.47. The average Bonchev–Trinajstić information content (AvgIpc) is 3.63. The highest BCUT2D eigenvalue weighted by atomic mass is 32.2. The number of primary sulfonamides is 1. The van der Waals surface area contributed by atoms with Gasteiger partial charge in [-0.15, -0.1) is 11.3 Å². The molecular weight excluding hydrogens is 596 g/mol. The minimum atomic E-state index is -3.86. The number of amides is 2. The Kier molecular flexibility index (Phi) is 9.43. The van der Waals surface area contributed by atoms with Crippen molar-refractivity contribution in [2.24, 2.45) is 11.1 Å². The molecule has 1 fully saturated rings. The molecule has 2 aromatic carbocycles. The highest BCUT2D eigenvalue weighted by molar-refractivity contribution is 7.89. The molecule has 0 radical (unpaired) electrons. The minimum absolute atomic E-state index is 0.0206. The second-order valence-electron chi connectivity index (χ2n) is 10.0. The topological polar surface area (TPSA) is 166 Å². The third-order valence-corrected chi connectivity index (χ3v) is 10.2. The van der Waals surface area contributed by atoms with Crippen molar-refractivity contribution in [3.8, 4) is 11.1 Å². The van der Waals surface area contributed by atoms with Gasteiger partial charge < -0.3 is 15.0 Å². The Morgan fingerprint density at radius 3 is 2.51 bits per heavy atom. The van der Waals surface area contributed by atoms with Crippen LogP contribution in [-0.2, 0) is 35.0 Å². The first-order valence-corrected chi connectivity index (χ1v) is 16.5. The van der Waals surface area contributed by atoms with Gasteiger partial charge in [0.1, 0.15) is 10.8 Å². The number of fused-ring (bicyclic) bond motifs is 1. The number of hydrogen-bond donors (Lipinski definition) is 3. The van der Waals surface area contributed by atoms with Crippen LogP contribution in [0.5, 0.6) is 0 Å². The number of thiazole rings is 1. The maximum Gasteiger partial charge on any atom is 0.256 e. The van der Waals surface area contributed by atoms with Crippen molar-refractivity contribution in [1.29, 1.82) is 0 Å². The van der Waals surface area contributed by atoms with Gasteiger partial charge in [-0.2, -0.15) is 0 Å². The van der Waals surface area contributed by atoms with Gasteiger partial charge in [0.15, 0.2) is 15.5 Å². The summed E-state index contributed by atoms with van der Waals surface area (Å²) in [5.41, 5.74) is 1.48. The van der Waals surface area contributed by atoms with Gasteiger partial charge in [0.2, 0.25) is 15.9 Å². The monoisotopic (exact) mass is 626 g/mol. The van der Waals surface area contributed by atoms with Crippen molar-refractivity contribution in [3.63, 3.8) is 0 Å². The van der Waals surface area contributed by atoms with Gasteiger partial charge in [-0.1, -0.05) is 25.0 Å². The van der Waals surface area contributed by atoms with Crippen LogP contribution in [0.15, 0.2) is 36.4 Å². The van der Waals surface area contributed by atoms with E-state index in [0.717, 1.165) is 24.2 Å². The lowest BCUT2D eigenvalue weighted by Gasteiger charge is -2.24. The SMILES string of the molecule is COCCN(C)C(=O)c1ccc(-c2ccc3nc(C(CC4CC4)(C(=O)NCCS(N)(=O)=O)[SH](=O)=O)sc3c2)cc1F. The van der Waals surface area contributed by atoms with Crippen molar-refractivity contribution in [2.75, 3.05) is 39.6 Å². The van der Waals surface area contributed by atoms with Crippen LogP contribution in [0.2, 0.25) is 0 Å². The van der Waals surface area contributed by atoms with E-state index in [9.17, 15) is 30.8 Å². The van der Waals surface area contributed by atoms with Crippen molar-refractivity contribution >= 4 is 54.1 Å². The molecule has 2 amide bonds. The molecule has 15 heteroatoms. The number of thiol groups is 1. The summed E-state index contributed by atoms with van der Waals surface area (Å²) in [7, 11) is -4.14. The number of nitrogens with zero attached hydrogens (tertiary/aromatic N) is 2. The zero-order valence-electron chi connectivity index (χ0n) is 22.5. The van der Waals surface area contributed by atoms with Gasteiger partial charge in [-0.25, -0.2) is 31.3 Å². The number of sulfonamides is 1. The fourth-order valence-electron chi connectivity index (χ4n) is 4.39. The number of rotatable bonds is 13. The van der Waals surface area contributed by atoms with Gasteiger partial charge in [0.25, 0.3) is 5.91 Å². The van der Waals surface area contributed by atoms with Crippen LogP contribution in [0, 0.1) is 11.7 Å². The number of methoxy groups -OCH3 is 1. The zero-order valence-corrected chi connectivity index (χ0v) is 25.0. The number of nitrogens with two attached hydrogens (primary N) is 1. The molecule has 11 nitrogen and oxygen atoms in total. The maximum absolute atomic E-state index is 15.0. The van der Waals surface area contributed by atoms with Crippen LogP contribution in [0.4, 0.5) is 4.39 Å². The van der Waals surface area contributed by atoms with Crippen LogP contribution >= 0.6 is 11.3 Å². The first-order valence-electron chi connectivity index (χ1n) is 12.7. The van der Waals surface area contributed by atoms with E-state index in [1.165, 1.54) is 24.1 Å². The van der Waals surface area contributed by atoms with Crippen molar-refractivity contribution in [1.82, 2.24) is 15.2 Å². The van der Waals surface area contributed by atoms with Crippen LogP contribution in [-0.4, -0.2) is 78.1 Å². The number of carbonyl (C=O) groups is 2. The molecule has 0 bridgehead atoms.